The Labute approximate surface area is 150 Å². The van der Waals surface area contributed by atoms with Gasteiger partial charge < -0.3 is 20.1 Å². The number of para-hydroxylation sites is 1. The van der Waals surface area contributed by atoms with Crippen LogP contribution in [0, 0.1) is 5.92 Å². The average Bonchev–Trinajstić information content (AvgIpc) is 2.49. The topological polar surface area (TPSA) is 54.9 Å². The lowest BCUT2D eigenvalue weighted by Crippen LogP contribution is -2.37. The minimum Gasteiger partial charge on any atom is -0.493 e. The van der Waals surface area contributed by atoms with Gasteiger partial charge in [0.15, 0.2) is 17.5 Å². The molecule has 1 aromatic carbocycles. The van der Waals surface area contributed by atoms with E-state index in [0.29, 0.717) is 12.5 Å². The molecular formula is C16H28IN3O2. The summed E-state index contributed by atoms with van der Waals surface area (Å²) in [6.45, 7) is 5.95. The second-order valence-corrected chi connectivity index (χ2v) is 5.19. The van der Waals surface area contributed by atoms with Crippen molar-refractivity contribution in [3.8, 4) is 11.5 Å². The van der Waals surface area contributed by atoms with Crippen molar-refractivity contribution in [3.05, 3.63) is 23.8 Å². The minimum absolute atomic E-state index is 0. The lowest BCUT2D eigenvalue weighted by Gasteiger charge is -2.15. The third-order valence-corrected chi connectivity index (χ3v) is 3.17. The number of nitrogens with zero attached hydrogens (tertiary/aromatic N) is 1. The Kier molecular flexibility index (Phi) is 10.8. The maximum Gasteiger partial charge on any atom is 0.191 e. The zero-order valence-corrected chi connectivity index (χ0v) is 16.4. The highest BCUT2D eigenvalue weighted by molar-refractivity contribution is 14.0. The summed E-state index contributed by atoms with van der Waals surface area (Å²) in [5.74, 6) is 2.96. The molecule has 0 atom stereocenters. The van der Waals surface area contributed by atoms with E-state index in [1.807, 2.05) is 18.2 Å². The second kappa shape index (κ2) is 11.4. The van der Waals surface area contributed by atoms with Crippen LogP contribution < -0.4 is 20.1 Å². The zero-order chi connectivity index (χ0) is 15.7. The van der Waals surface area contributed by atoms with E-state index in [-0.39, 0.29) is 24.0 Å². The van der Waals surface area contributed by atoms with Gasteiger partial charge in [0.25, 0.3) is 0 Å². The Morgan fingerprint density at radius 2 is 1.91 bits per heavy atom. The number of hydrogen-bond donors (Lipinski definition) is 2. The Morgan fingerprint density at radius 1 is 1.18 bits per heavy atom. The molecule has 0 fully saturated rings. The van der Waals surface area contributed by atoms with Crippen LogP contribution in [-0.2, 0) is 6.54 Å². The minimum atomic E-state index is 0. The molecule has 0 bridgehead atoms. The van der Waals surface area contributed by atoms with E-state index < -0.39 is 0 Å². The normalized spacial score (nSPS) is 10.9. The first kappa shape index (κ1) is 20.8. The second-order valence-electron chi connectivity index (χ2n) is 5.19. The number of methoxy groups -OCH3 is 2. The van der Waals surface area contributed by atoms with Gasteiger partial charge in [-0.05, 0) is 18.4 Å². The zero-order valence-electron chi connectivity index (χ0n) is 14.1. The van der Waals surface area contributed by atoms with Crippen molar-refractivity contribution >= 4 is 29.9 Å². The van der Waals surface area contributed by atoms with Crippen molar-refractivity contribution in [2.45, 2.75) is 26.8 Å². The lowest BCUT2D eigenvalue weighted by atomic mass is 10.1. The van der Waals surface area contributed by atoms with Crippen molar-refractivity contribution in [1.29, 1.82) is 0 Å². The van der Waals surface area contributed by atoms with Crippen LogP contribution in [0.4, 0.5) is 0 Å². The Bertz CT molecular complexity index is 465. The fourth-order valence-corrected chi connectivity index (χ4v) is 1.97. The predicted molar refractivity (Wildman–Crippen MR) is 103 cm³/mol. The van der Waals surface area contributed by atoms with Crippen LogP contribution in [0.3, 0.4) is 0 Å². The number of halogens is 1. The monoisotopic (exact) mass is 421 g/mol. The predicted octanol–water partition coefficient (Wildman–Crippen LogP) is 3.03. The molecule has 0 aliphatic carbocycles. The van der Waals surface area contributed by atoms with Gasteiger partial charge in [0.2, 0.25) is 0 Å². The van der Waals surface area contributed by atoms with Crippen LogP contribution in [0.2, 0.25) is 0 Å². The first-order chi connectivity index (χ1) is 10.1. The number of hydrogen-bond acceptors (Lipinski definition) is 3. The standard InChI is InChI=1S/C16H27N3O2.HI/c1-12(2)9-10-18-16(17-3)19-11-13-7-6-8-14(20-4)15(13)21-5;/h6-8,12H,9-11H2,1-5H3,(H2,17,18,19);1H. The summed E-state index contributed by atoms with van der Waals surface area (Å²) >= 11 is 0. The fourth-order valence-electron chi connectivity index (χ4n) is 1.97. The molecule has 1 aromatic rings. The molecule has 1 rings (SSSR count). The van der Waals surface area contributed by atoms with Crippen LogP contribution in [0.5, 0.6) is 11.5 Å². The summed E-state index contributed by atoms with van der Waals surface area (Å²) in [5, 5.41) is 6.59. The van der Waals surface area contributed by atoms with Crippen molar-refractivity contribution in [3.63, 3.8) is 0 Å². The number of ether oxygens (including phenoxy) is 2. The maximum absolute atomic E-state index is 5.42. The number of rotatable bonds is 7. The average molecular weight is 421 g/mol. The molecule has 0 aliphatic rings. The first-order valence-electron chi connectivity index (χ1n) is 7.26. The fraction of sp³-hybridized carbons (Fsp3) is 0.562. The van der Waals surface area contributed by atoms with Crippen LogP contribution in [0.15, 0.2) is 23.2 Å². The molecule has 0 spiro atoms. The van der Waals surface area contributed by atoms with Gasteiger partial charge in [-0.15, -0.1) is 24.0 Å². The van der Waals surface area contributed by atoms with Gasteiger partial charge in [-0.25, -0.2) is 0 Å². The van der Waals surface area contributed by atoms with Gasteiger partial charge >= 0.3 is 0 Å². The van der Waals surface area contributed by atoms with E-state index in [1.165, 1.54) is 0 Å². The molecule has 0 aliphatic heterocycles. The van der Waals surface area contributed by atoms with Crippen molar-refractivity contribution < 1.29 is 9.47 Å². The lowest BCUT2D eigenvalue weighted by molar-refractivity contribution is 0.351. The van der Waals surface area contributed by atoms with Crippen LogP contribution in [-0.4, -0.2) is 33.8 Å². The van der Waals surface area contributed by atoms with Crippen LogP contribution in [0.1, 0.15) is 25.8 Å². The number of nitrogens with one attached hydrogen (secondary N) is 2. The number of benzene rings is 1. The molecule has 0 unspecified atom stereocenters. The number of guanidine groups is 1. The Morgan fingerprint density at radius 3 is 2.45 bits per heavy atom. The molecule has 0 heterocycles. The van der Waals surface area contributed by atoms with E-state index in [2.05, 4.69) is 29.5 Å². The van der Waals surface area contributed by atoms with Gasteiger partial charge in [-0.1, -0.05) is 26.0 Å². The highest BCUT2D eigenvalue weighted by Gasteiger charge is 2.09. The summed E-state index contributed by atoms with van der Waals surface area (Å²) < 4.78 is 10.7. The third-order valence-electron chi connectivity index (χ3n) is 3.17. The quantitative estimate of drug-likeness (QED) is 0.404. The van der Waals surface area contributed by atoms with E-state index in [1.54, 1.807) is 21.3 Å². The van der Waals surface area contributed by atoms with E-state index >= 15 is 0 Å². The van der Waals surface area contributed by atoms with Gasteiger partial charge in [0, 0.05) is 25.7 Å². The first-order valence-corrected chi connectivity index (χ1v) is 7.26. The molecule has 126 valence electrons. The summed E-state index contributed by atoms with van der Waals surface area (Å²) in [4.78, 5) is 4.22. The Hall–Kier alpha value is -1.18. The molecule has 0 aromatic heterocycles. The smallest absolute Gasteiger partial charge is 0.191 e. The SMILES string of the molecule is CN=C(NCCC(C)C)NCc1cccc(OC)c1OC.I. The third kappa shape index (κ3) is 6.72. The molecule has 5 nitrogen and oxygen atoms in total. The highest BCUT2D eigenvalue weighted by Crippen LogP contribution is 2.30. The molecule has 0 saturated heterocycles. The maximum atomic E-state index is 5.42. The van der Waals surface area contributed by atoms with E-state index in [9.17, 15) is 0 Å². The van der Waals surface area contributed by atoms with Gasteiger partial charge in [0.1, 0.15) is 0 Å². The molecule has 0 saturated carbocycles. The van der Waals surface area contributed by atoms with Gasteiger partial charge in [-0.2, -0.15) is 0 Å². The largest absolute Gasteiger partial charge is 0.493 e. The van der Waals surface area contributed by atoms with Crippen LogP contribution >= 0.6 is 24.0 Å². The van der Waals surface area contributed by atoms with Crippen molar-refractivity contribution in [1.82, 2.24) is 10.6 Å². The highest BCUT2D eigenvalue weighted by atomic mass is 127. The molecule has 0 amide bonds. The van der Waals surface area contributed by atoms with E-state index in [0.717, 1.165) is 36.0 Å². The number of aliphatic imine (C=N–C) groups is 1. The van der Waals surface area contributed by atoms with Crippen molar-refractivity contribution in [2.24, 2.45) is 10.9 Å². The summed E-state index contributed by atoms with van der Waals surface area (Å²) in [6.07, 6.45) is 1.11. The summed E-state index contributed by atoms with van der Waals surface area (Å²) in [5.41, 5.74) is 1.03. The molecule has 6 heteroatoms. The van der Waals surface area contributed by atoms with Crippen molar-refractivity contribution in [2.75, 3.05) is 27.8 Å². The molecule has 0 radical (unpaired) electrons. The molecule has 2 N–H and O–H groups in total. The van der Waals surface area contributed by atoms with Crippen LogP contribution in [0.25, 0.3) is 0 Å². The molecule has 22 heavy (non-hydrogen) atoms. The van der Waals surface area contributed by atoms with Gasteiger partial charge in [-0.3, -0.25) is 4.99 Å². The summed E-state index contributed by atoms with van der Waals surface area (Å²) in [7, 11) is 5.06. The Balaban J connectivity index is 0.00000441. The van der Waals surface area contributed by atoms with E-state index in [4.69, 9.17) is 9.47 Å². The molecular weight excluding hydrogens is 393 g/mol. The summed E-state index contributed by atoms with van der Waals surface area (Å²) in [6, 6.07) is 5.85. The van der Waals surface area contributed by atoms with Gasteiger partial charge in [0.05, 0.1) is 14.2 Å².